The highest BCUT2D eigenvalue weighted by atomic mass is 32.1. The number of nitrogens with zero attached hydrogens (tertiary/aromatic N) is 3. The Bertz CT molecular complexity index is 3180. The Labute approximate surface area is 600 Å². The van der Waals surface area contributed by atoms with Gasteiger partial charge < -0.3 is 113 Å². The molecule has 1 aliphatic heterocycles. The van der Waals surface area contributed by atoms with Crippen molar-refractivity contribution in [3.05, 3.63) is 36.0 Å². The number of thiol groups is 1. The van der Waals surface area contributed by atoms with E-state index in [1.54, 1.807) is 65.1 Å². The number of hydrogen-bond acceptors (Lipinski definition) is 19. The van der Waals surface area contributed by atoms with Gasteiger partial charge in [0, 0.05) is 48.9 Å². The Morgan fingerprint density at radius 1 is 0.578 bits per heavy atom. The predicted molar refractivity (Wildman–Crippen MR) is 386 cm³/mol. The fourth-order valence-corrected chi connectivity index (χ4v) is 11.5. The summed E-state index contributed by atoms with van der Waals surface area (Å²) in [7, 11) is 0. The predicted octanol–water partition coefficient (Wildman–Crippen LogP) is -4.09. The zero-order valence-electron chi connectivity index (χ0n) is 59.8. The van der Waals surface area contributed by atoms with Gasteiger partial charge >= 0.3 is 5.97 Å². The quantitative estimate of drug-likeness (QED) is 0.0130. The topological polar surface area (TPSA) is 586 Å². The van der Waals surface area contributed by atoms with Crippen LogP contribution in [-0.2, 0) is 64.0 Å². The number of nitrogens with two attached hydrogens (primary N) is 6. The number of carboxylic acid groups (broad SMARTS) is 1. The molecule has 572 valence electrons. The fraction of sp³-hybridized carbons (Fsp3) is 0.667. The molecule has 1 aromatic heterocycles. The van der Waals surface area contributed by atoms with Crippen molar-refractivity contribution in [2.45, 2.75) is 211 Å². The number of carbonyl (C=O) groups excluding carboxylic acids is 11. The molecule has 13 atom stereocenters. The van der Waals surface area contributed by atoms with Crippen LogP contribution in [0.3, 0.4) is 0 Å². The van der Waals surface area contributed by atoms with Crippen molar-refractivity contribution in [3.8, 4) is 0 Å². The Morgan fingerprint density at radius 2 is 1.04 bits per heavy atom. The summed E-state index contributed by atoms with van der Waals surface area (Å²) in [6.07, 6.45) is 3.28. The van der Waals surface area contributed by atoms with Crippen LogP contribution in [0.25, 0.3) is 10.9 Å². The van der Waals surface area contributed by atoms with Gasteiger partial charge in [0.05, 0.1) is 19.3 Å². The molecule has 35 nitrogen and oxygen atoms in total. The third-order valence-corrected chi connectivity index (χ3v) is 17.6. The third kappa shape index (κ3) is 28.9. The van der Waals surface area contributed by atoms with E-state index in [0.29, 0.717) is 35.7 Å². The molecule has 1 fully saturated rings. The summed E-state index contributed by atoms with van der Waals surface area (Å²) in [5, 5.41) is 56.4. The number of aliphatic hydroxyl groups excluding tert-OH is 2. The number of guanidine groups is 2. The molecule has 26 N–H and O–H groups in total. The maximum Gasteiger partial charge on any atom is 0.328 e. The number of H-pyrrole nitrogens is 1. The number of hydrogen-bond donors (Lipinski definition) is 21. The number of aromatic amines is 1. The number of para-hydroxylation sites is 1. The van der Waals surface area contributed by atoms with Crippen LogP contribution in [0.2, 0.25) is 0 Å². The number of nitrogens with one attached hydrogen (secondary N) is 11. The number of aliphatic hydroxyl groups is 2. The van der Waals surface area contributed by atoms with Gasteiger partial charge in [-0.05, 0) is 112 Å². The number of aliphatic carboxylic acids is 1. The van der Waals surface area contributed by atoms with Gasteiger partial charge in [0.1, 0.15) is 66.5 Å². The summed E-state index contributed by atoms with van der Waals surface area (Å²) in [4.78, 5) is 180. The second-order valence-corrected chi connectivity index (χ2v) is 27.1. The lowest BCUT2D eigenvalue weighted by Gasteiger charge is -2.32. The van der Waals surface area contributed by atoms with E-state index >= 15 is 0 Å². The van der Waals surface area contributed by atoms with Crippen LogP contribution in [0.1, 0.15) is 138 Å². The molecule has 1 aliphatic rings. The minimum atomic E-state index is -1.81. The second-order valence-electron chi connectivity index (χ2n) is 26.8. The van der Waals surface area contributed by atoms with Gasteiger partial charge in [0.2, 0.25) is 65.0 Å². The van der Waals surface area contributed by atoms with E-state index < -0.39 is 163 Å². The highest BCUT2D eigenvalue weighted by molar-refractivity contribution is 7.80. The second kappa shape index (κ2) is 44.5. The van der Waals surface area contributed by atoms with Crippen LogP contribution >= 0.6 is 12.6 Å². The normalized spacial score (nSPS) is 16.4. The van der Waals surface area contributed by atoms with Gasteiger partial charge in [-0.25, -0.2) is 4.79 Å². The lowest BCUT2D eigenvalue weighted by Crippen LogP contribution is -2.61. The zero-order valence-corrected chi connectivity index (χ0v) is 60.7. The van der Waals surface area contributed by atoms with E-state index in [4.69, 9.17) is 34.4 Å². The third-order valence-electron chi connectivity index (χ3n) is 17.2. The van der Waals surface area contributed by atoms with Gasteiger partial charge in [-0.2, -0.15) is 12.6 Å². The van der Waals surface area contributed by atoms with E-state index in [1.165, 1.54) is 4.90 Å². The number of aromatic nitrogens is 1. The van der Waals surface area contributed by atoms with Crippen LogP contribution in [0.4, 0.5) is 0 Å². The number of unbranched alkanes of at least 4 members (excludes halogenated alkanes) is 1. The van der Waals surface area contributed by atoms with E-state index in [0.717, 1.165) is 0 Å². The smallest absolute Gasteiger partial charge is 0.328 e. The Balaban J connectivity index is 1.98. The molecule has 0 saturated carbocycles. The SMILES string of the molecule is CC[C@H](C)[C@H](N)C(=O)N[C@H](CC(C)C)C(=O)N[C@@H](CCCN=C(N)N)C(=O)N[C@@H](Cc1c[nH]c2ccccc12)C(=O)N[C@@H](CO)C(=O)N[C@@H](CCCN=C(N)N)C(=O)N[C@@H](CCCCN)C(=O)N[C@@H](CC(C)C)C(=O)N1CCC[C@H]1C(=O)N[C@@H](CS)C(=O)N[C@H](C(=O)N[C@@H](CO)C(=O)O)C(C)C. The zero-order chi connectivity index (χ0) is 76.5. The van der Waals surface area contributed by atoms with Crippen molar-refractivity contribution in [1.82, 2.24) is 63.1 Å². The molecule has 36 heteroatoms. The van der Waals surface area contributed by atoms with Crippen molar-refractivity contribution in [2.24, 2.45) is 68.1 Å². The monoisotopic (exact) mass is 1460 g/mol. The van der Waals surface area contributed by atoms with E-state index in [-0.39, 0.29) is 126 Å². The largest absolute Gasteiger partial charge is 0.480 e. The first kappa shape index (κ1) is 87.3. The molecule has 0 spiro atoms. The lowest BCUT2D eigenvalue weighted by molar-refractivity contribution is -0.144. The summed E-state index contributed by atoms with van der Waals surface area (Å²) in [5.74, 6) is -12.6. The summed E-state index contributed by atoms with van der Waals surface area (Å²) in [5.41, 5.74) is 35.7. The van der Waals surface area contributed by atoms with Gasteiger partial charge in [0.25, 0.3) is 0 Å². The molecule has 1 saturated heterocycles. The number of rotatable bonds is 46. The first-order valence-corrected chi connectivity index (χ1v) is 35.4. The van der Waals surface area contributed by atoms with Crippen LogP contribution in [0.15, 0.2) is 40.4 Å². The molecule has 0 unspecified atom stereocenters. The van der Waals surface area contributed by atoms with E-state index in [9.17, 15) is 72.9 Å². The first-order chi connectivity index (χ1) is 48.2. The molecule has 2 heterocycles. The Morgan fingerprint density at radius 3 is 1.54 bits per heavy atom. The average Bonchev–Trinajstić information content (AvgIpc) is 1.63. The highest BCUT2D eigenvalue weighted by Gasteiger charge is 2.41. The average molecular weight is 1460 g/mol. The highest BCUT2D eigenvalue weighted by Crippen LogP contribution is 2.23. The van der Waals surface area contributed by atoms with Gasteiger partial charge in [0.15, 0.2) is 11.9 Å². The summed E-state index contributed by atoms with van der Waals surface area (Å²) >= 11 is 4.26. The summed E-state index contributed by atoms with van der Waals surface area (Å²) in [6.45, 7) is 12.4. The van der Waals surface area contributed by atoms with E-state index in [2.05, 4.69) is 80.8 Å². The molecule has 0 aliphatic carbocycles. The Hall–Kier alpha value is -8.87. The molecule has 1 aromatic carbocycles. The molecule has 11 amide bonds. The van der Waals surface area contributed by atoms with Crippen LogP contribution in [0, 0.1) is 23.7 Å². The molecular formula is C66H112N20O15S. The number of carbonyl (C=O) groups is 12. The molecule has 2 aromatic rings. The molecule has 0 bridgehead atoms. The summed E-state index contributed by atoms with van der Waals surface area (Å²) in [6, 6.07) is -9.32. The van der Waals surface area contributed by atoms with Crippen molar-refractivity contribution in [2.75, 3.05) is 45.1 Å². The van der Waals surface area contributed by atoms with Gasteiger partial charge in [-0.3, -0.25) is 62.7 Å². The van der Waals surface area contributed by atoms with Crippen LogP contribution in [0.5, 0.6) is 0 Å². The summed E-state index contributed by atoms with van der Waals surface area (Å²) < 4.78 is 0. The maximum atomic E-state index is 14.8. The Kier molecular flexibility index (Phi) is 38.1. The number of aliphatic imine (C=N–C) groups is 2. The molecule has 102 heavy (non-hydrogen) atoms. The molecule has 0 radical (unpaired) electrons. The standard InChI is InChI=1S/C66H112N20O15S/c1-9-37(8)51(68)61(97)80-44(27-34(2)3)56(92)77-43(21-15-25-74-66(71)72)54(90)79-45(29-38-30-75-40-18-11-10-17-39(38)40)57(93)82-47(31-87)58(94)78-42(20-14-24-73-65(69)70)53(89)76-41(19-12-13-23-67)55(91)81-46(28-35(4)5)63(99)86-26-16-22-50(86)60(96)84-49(33-102)59(95)85-52(36(6)7)62(98)83-48(32-88)64(100)101/h10-11,17-18,30,34-37,41-52,75,87-88,102H,9,12-16,19-29,31-33,67-68H2,1-8H3,(H,76,89)(H,77,92)(H,78,94)(H,79,90)(H,80,97)(H,81,91)(H,82,93)(H,83,98)(H,84,96)(H,85,95)(H,100,101)(H4,69,70,73)(H4,71,72,74)/t37-,41-,42-,43-,44+,45-,46-,47-,48-,49-,50-,51-,52-/m0/s1. The molecular weight excluding hydrogens is 1340 g/mol. The van der Waals surface area contributed by atoms with Crippen LogP contribution in [-0.4, -0.2) is 226 Å². The fourth-order valence-electron chi connectivity index (χ4n) is 11.2. The van der Waals surface area contributed by atoms with Crippen molar-refractivity contribution in [3.63, 3.8) is 0 Å². The minimum absolute atomic E-state index is 0.0310. The molecule has 3 rings (SSSR count). The minimum Gasteiger partial charge on any atom is -0.480 e. The van der Waals surface area contributed by atoms with E-state index in [1.807, 2.05) is 20.8 Å². The number of amides is 11. The van der Waals surface area contributed by atoms with Crippen molar-refractivity contribution < 1.29 is 72.9 Å². The number of fused-ring (bicyclic) bond motifs is 1. The maximum absolute atomic E-state index is 14.8. The number of carboxylic acids is 1. The van der Waals surface area contributed by atoms with Crippen LogP contribution < -0.4 is 87.6 Å². The first-order valence-electron chi connectivity index (χ1n) is 34.7. The van der Waals surface area contributed by atoms with Crippen molar-refractivity contribution in [1.29, 1.82) is 0 Å². The van der Waals surface area contributed by atoms with Crippen molar-refractivity contribution >= 4 is 106 Å². The van der Waals surface area contributed by atoms with Gasteiger partial charge in [-0.15, -0.1) is 0 Å². The lowest BCUT2D eigenvalue weighted by atomic mass is 9.97. The van der Waals surface area contributed by atoms with Gasteiger partial charge in [-0.1, -0.05) is 80.0 Å². The number of benzene rings is 1. The number of likely N-dealkylation sites (tertiary alicyclic amines) is 1.